The highest BCUT2D eigenvalue weighted by molar-refractivity contribution is 7.11. The van der Waals surface area contributed by atoms with Crippen LogP contribution in [0.3, 0.4) is 0 Å². The standard InChI is InChI=1S/C13H23N3O2S/c1-9(2)18-11-12(14)15-19-13(11)16-7-4-3-5-10(16)6-8-17/h9-10,17H,3-8H2,1-2H3,(H2,14,15). The molecule has 0 saturated carbocycles. The molecule has 1 fully saturated rings. The molecule has 1 aromatic rings. The van der Waals surface area contributed by atoms with Crippen molar-refractivity contribution in [1.82, 2.24) is 4.37 Å². The topological polar surface area (TPSA) is 71.6 Å². The summed E-state index contributed by atoms with van der Waals surface area (Å²) >= 11 is 1.40. The van der Waals surface area contributed by atoms with Crippen LogP contribution in [0.5, 0.6) is 5.75 Å². The van der Waals surface area contributed by atoms with E-state index in [1.165, 1.54) is 24.4 Å². The Balaban J connectivity index is 2.23. The zero-order valence-corrected chi connectivity index (χ0v) is 12.4. The predicted molar refractivity (Wildman–Crippen MR) is 79.0 cm³/mol. The zero-order valence-electron chi connectivity index (χ0n) is 11.6. The number of aliphatic hydroxyl groups is 1. The number of nitrogen functional groups attached to an aromatic ring is 1. The van der Waals surface area contributed by atoms with E-state index in [0.29, 0.717) is 17.6 Å². The van der Waals surface area contributed by atoms with Crippen molar-refractivity contribution < 1.29 is 9.84 Å². The van der Waals surface area contributed by atoms with Gasteiger partial charge in [-0.2, -0.15) is 4.37 Å². The molecule has 0 radical (unpaired) electrons. The smallest absolute Gasteiger partial charge is 0.198 e. The molecule has 3 N–H and O–H groups in total. The molecule has 108 valence electrons. The highest BCUT2D eigenvalue weighted by Gasteiger charge is 2.28. The van der Waals surface area contributed by atoms with Gasteiger partial charge in [-0.25, -0.2) is 0 Å². The molecule has 0 bridgehead atoms. The van der Waals surface area contributed by atoms with Gasteiger partial charge in [0.2, 0.25) is 0 Å². The van der Waals surface area contributed by atoms with Gasteiger partial charge in [0, 0.05) is 19.2 Å². The molecule has 1 unspecified atom stereocenters. The predicted octanol–water partition coefficient (Wildman–Crippen LogP) is 2.25. The molecule has 1 saturated heterocycles. The molecule has 19 heavy (non-hydrogen) atoms. The van der Waals surface area contributed by atoms with Gasteiger partial charge in [0.05, 0.1) is 6.10 Å². The summed E-state index contributed by atoms with van der Waals surface area (Å²) < 4.78 is 10.0. The van der Waals surface area contributed by atoms with E-state index in [4.69, 9.17) is 10.5 Å². The first-order valence-electron chi connectivity index (χ1n) is 6.92. The Morgan fingerprint density at radius 3 is 3.00 bits per heavy atom. The monoisotopic (exact) mass is 285 g/mol. The fourth-order valence-corrected chi connectivity index (χ4v) is 3.38. The number of ether oxygens (including phenoxy) is 1. The van der Waals surface area contributed by atoms with Gasteiger partial charge in [-0.3, -0.25) is 0 Å². The van der Waals surface area contributed by atoms with Crippen molar-refractivity contribution in [3.05, 3.63) is 0 Å². The SMILES string of the molecule is CC(C)Oc1c(N)nsc1N1CCCCC1CCO. The maximum atomic E-state index is 9.21. The quantitative estimate of drug-likeness (QED) is 0.868. The van der Waals surface area contributed by atoms with E-state index in [9.17, 15) is 5.11 Å². The third kappa shape index (κ3) is 3.30. The van der Waals surface area contributed by atoms with Gasteiger partial charge in [0.15, 0.2) is 16.6 Å². The van der Waals surface area contributed by atoms with Crippen LogP contribution in [-0.2, 0) is 0 Å². The molecule has 0 amide bonds. The number of rotatable bonds is 5. The Labute approximate surface area is 118 Å². The normalized spacial score (nSPS) is 20.0. The van der Waals surface area contributed by atoms with Gasteiger partial charge in [0.1, 0.15) is 0 Å². The molecule has 1 atom stereocenters. The van der Waals surface area contributed by atoms with Gasteiger partial charge in [-0.15, -0.1) is 0 Å². The van der Waals surface area contributed by atoms with Crippen molar-refractivity contribution in [2.75, 3.05) is 23.8 Å². The molecule has 0 aliphatic carbocycles. The van der Waals surface area contributed by atoms with Crippen LogP contribution in [0.2, 0.25) is 0 Å². The lowest BCUT2D eigenvalue weighted by atomic mass is 10.00. The van der Waals surface area contributed by atoms with Crippen molar-refractivity contribution in [1.29, 1.82) is 0 Å². The zero-order chi connectivity index (χ0) is 13.8. The third-order valence-electron chi connectivity index (χ3n) is 3.36. The molecular weight excluding hydrogens is 262 g/mol. The highest BCUT2D eigenvalue weighted by atomic mass is 32.1. The summed E-state index contributed by atoms with van der Waals surface area (Å²) in [7, 11) is 0. The number of hydrogen-bond donors (Lipinski definition) is 2. The maximum Gasteiger partial charge on any atom is 0.198 e. The summed E-state index contributed by atoms with van der Waals surface area (Å²) in [4.78, 5) is 2.31. The summed E-state index contributed by atoms with van der Waals surface area (Å²) in [6.45, 7) is 5.18. The Morgan fingerprint density at radius 1 is 1.53 bits per heavy atom. The third-order valence-corrected chi connectivity index (χ3v) is 4.24. The summed E-state index contributed by atoms with van der Waals surface area (Å²) in [5.41, 5.74) is 5.91. The Morgan fingerprint density at radius 2 is 2.32 bits per heavy atom. The van der Waals surface area contributed by atoms with E-state index in [2.05, 4.69) is 9.27 Å². The molecule has 1 aliphatic rings. The van der Waals surface area contributed by atoms with Crippen LogP contribution in [0.4, 0.5) is 10.8 Å². The van der Waals surface area contributed by atoms with Crippen molar-refractivity contribution in [2.45, 2.75) is 51.7 Å². The summed E-state index contributed by atoms with van der Waals surface area (Å²) in [5, 5.41) is 10.2. The van der Waals surface area contributed by atoms with E-state index in [0.717, 1.165) is 24.4 Å². The lowest BCUT2D eigenvalue weighted by molar-refractivity contribution is 0.241. The van der Waals surface area contributed by atoms with Crippen LogP contribution in [0.25, 0.3) is 0 Å². The van der Waals surface area contributed by atoms with Crippen molar-refractivity contribution >= 4 is 22.4 Å². The fourth-order valence-electron chi connectivity index (χ4n) is 2.53. The average Bonchev–Trinajstić information content (AvgIpc) is 2.72. The molecule has 6 heteroatoms. The second kappa shape index (κ2) is 6.43. The lowest BCUT2D eigenvalue weighted by Crippen LogP contribution is -2.40. The number of piperidine rings is 1. The van der Waals surface area contributed by atoms with Crippen molar-refractivity contribution in [3.63, 3.8) is 0 Å². The molecular formula is C13H23N3O2S. The van der Waals surface area contributed by atoms with Crippen molar-refractivity contribution in [3.8, 4) is 5.75 Å². The molecule has 2 rings (SSSR count). The van der Waals surface area contributed by atoms with Crippen LogP contribution in [0.1, 0.15) is 39.5 Å². The van der Waals surface area contributed by atoms with Gasteiger partial charge < -0.3 is 20.5 Å². The first-order chi connectivity index (χ1) is 9.13. The minimum Gasteiger partial charge on any atom is -0.484 e. The van der Waals surface area contributed by atoms with Gasteiger partial charge in [-0.05, 0) is 51.1 Å². The van der Waals surface area contributed by atoms with E-state index in [-0.39, 0.29) is 12.7 Å². The number of hydrogen-bond acceptors (Lipinski definition) is 6. The first kappa shape index (κ1) is 14.4. The largest absolute Gasteiger partial charge is 0.484 e. The fraction of sp³-hybridized carbons (Fsp3) is 0.769. The molecule has 5 nitrogen and oxygen atoms in total. The van der Waals surface area contributed by atoms with Crippen LogP contribution < -0.4 is 15.4 Å². The maximum absolute atomic E-state index is 9.21. The van der Waals surface area contributed by atoms with E-state index in [1.54, 1.807) is 0 Å². The summed E-state index contributed by atoms with van der Waals surface area (Å²) in [6.07, 6.45) is 4.37. The lowest BCUT2D eigenvalue weighted by Gasteiger charge is -2.36. The molecule has 0 spiro atoms. The minimum absolute atomic E-state index is 0.0820. The second-order valence-electron chi connectivity index (χ2n) is 5.22. The number of nitrogens with two attached hydrogens (primary N) is 1. The molecule has 1 aromatic heterocycles. The Bertz CT molecular complexity index is 407. The second-order valence-corrected chi connectivity index (χ2v) is 5.98. The summed E-state index contributed by atoms with van der Waals surface area (Å²) in [5.74, 6) is 1.19. The van der Waals surface area contributed by atoms with Crippen LogP contribution >= 0.6 is 11.5 Å². The number of aliphatic hydroxyl groups excluding tert-OH is 1. The van der Waals surface area contributed by atoms with Crippen molar-refractivity contribution in [2.24, 2.45) is 0 Å². The average molecular weight is 285 g/mol. The van der Waals surface area contributed by atoms with Gasteiger partial charge in [0.25, 0.3) is 0 Å². The van der Waals surface area contributed by atoms with Crippen LogP contribution in [0, 0.1) is 0 Å². The van der Waals surface area contributed by atoms with Crippen LogP contribution in [0.15, 0.2) is 0 Å². The number of aromatic nitrogens is 1. The molecule has 1 aliphatic heterocycles. The first-order valence-corrected chi connectivity index (χ1v) is 7.70. The molecule has 2 heterocycles. The molecule has 0 aromatic carbocycles. The number of anilines is 2. The minimum atomic E-state index is 0.0820. The van der Waals surface area contributed by atoms with Gasteiger partial charge in [-0.1, -0.05) is 0 Å². The van der Waals surface area contributed by atoms with E-state index < -0.39 is 0 Å². The van der Waals surface area contributed by atoms with Gasteiger partial charge >= 0.3 is 0 Å². The van der Waals surface area contributed by atoms with E-state index >= 15 is 0 Å². The Hall–Kier alpha value is -1.01. The van der Waals surface area contributed by atoms with E-state index in [1.807, 2.05) is 13.8 Å². The Kier molecular flexibility index (Phi) is 4.87. The number of nitrogens with zero attached hydrogens (tertiary/aromatic N) is 2. The van der Waals surface area contributed by atoms with Crippen LogP contribution in [-0.4, -0.2) is 34.8 Å². The summed E-state index contributed by atoms with van der Waals surface area (Å²) in [6, 6.07) is 0.369. The highest BCUT2D eigenvalue weighted by Crippen LogP contribution is 2.41.